The molecule has 0 aliphatic heterocycles. The molecule has 0 aliphatic carbocycles. The molecule has 13 heavy (non-hydrogen) atoms. The molecule has 0 unspecified atom stereocenters. The van der Waals surface area contributed by atoms with Gasteiger partial charge in [0.05, 0.1) is 18.1 Å². The van der Waals surface area contributed by atoms with Gasteiger partial charge in [-0.05, 0) is 15.9 Å². The van der Waals surface area contributed by atoms with Crippen LogP contribution >= 0.6 is 15.9 Å². The van der Waals surface area contributed by atoms with Crippen LogP contribution in [-0.2, 0) is 16.0 Å². The Kier molecular flexibility index (Phi) is 3.25. The average Bonchev–Trinajstić information content (AvgIpc) is 2.09. The van der Waals surface area contributed by atoms with E-state index in [4.69, 9.17) is 0 Å². The Morgan fingerprint density at radius 2 is 2.38 bits per heavy atom. The van der Waals surface area contributed by atoms with Crippen molar-refractivity contribution in [3.8, 4) is 0 Å². The van der Waals surface area contributed by atoms with Gasteiger partial charge in [0.15, 0.2) is 5.43 Å². The smallest absolute Gasteiger partial charge is 0.310 e. The first-order chi connectivity index (χ1) is 6.13. The Morgan fingerprint density at radius 1 is 1.69 bits per heavy atom. The molecule has 70 valence electrons. The second kappa shape index (κ2) is 4.23. The van der Waals surface area contributed by atoms with Gasteiger partial charge >= 0.3 is 5.97 Å². The summed E-state index contributed by atoms with van der Waals surface area (Å²) in [5.74, 6) is -0.423. The highest BCUT2D eigenvalue weighted by Crippen LogP contribution is 2.02. The Balaban J connectivity index is 2.90. The summed E-state index contributed by atoms with van der Waals surface area (Å²) in [6.07, 6.45) is 1.49. The van der Waals surface area contributed by atoms with Crippen molar-refractivity contribution in [1.82, 2.24) is 4.98 Å². The molecule has 1 aromatic heterocycles. The number of hydrogen-bond acceptors (Lipinski definition) is 3. The lowest BCUT2D eigenvalue weighted by atomic mass is 10.2. The summed E-state index contributed by atoms with van der Waals surface area (Å²) in [6.45, 7) is 0. The number of H-pyrrole nitrogens is 1. The number of nitrogens with one attached hydrogen (secondary N) is 1. The van der Waals surface area contributed by atoms with Crippen molar-refractivity contribution >= 4 is 21.9 Å². The standard InChI is InChI=1S/C8H8BrNO3/c1-13-8(12)2-5-4-10-7(9)3-6(5)11/h3-4H,2H2,1H3,(H,10,11). The number of ether oxygens (including phenoxy) is 1. The molecule has 1 rings (SSSR count). The van der Waals surface area contributed by atoms with Gasteiger partial charge < -0.3 is 9.72 Å². The highest BCUT2D eigenvalue weighted by Gasteiger charge is 2.06. The van der Waals surface area contributed by atoms with Crippen LogP contribution in [0.5, 0.6) is 0 Å². The summed E-state index contributed by atoms with van der Waals surface area (Å²) >= 11 is 3.11. The third-order valence-corrected chi connectivity index (χ3v) is 1.98. The van der Waals surface area contributed by atoms with Crippen LogP contribution in [0.25, 0.3) is 0 Å². The van der Waals surface area contributed by atoms with E-state index in [2.05, 4.69) is 25.7 Å². The van der Waals surface area contributed by atoms with Gasteiger partial charge in [-0.2, -0.15) is 0 Å². The number of rotatable bonds is 2. The van der Waals surface area contributed by atoms with Crippen LogP contribution in [0.15, 0.2) is 21.7 Å². The summed E-state index contributed by atoms with van der Waals surface area (Å²) < 4.78 is 5.02. The van der Waals surface area contributed by atoms with Crippen molar-refractivity contribution < 1.29 is 9.53 Å². The first-order valence-corrected chi connectivity index (χ1v) is 4.36. The van der Waals surface area contributed by atoms with E-state index in [0.717, 1.165) is 0 Å². The fraction of sp³-hybridized carbons (Fsp3) is 0.250. The molecule has 0 aliphatic rings. The molecule has 1 N–H and O–H groups in total. The van der Waals surface area contributed by atoms with Crippen LogP contribution in [0.1, 0.15) is 5.56 Å². The quantitative estimate of drug-likeness (QED) is 0.621. The topological polar surface area (TPSA) is 59.2 Å². The molecule has 1 aromatic rings. The molecule has 0 bridgehead atoms. The predicted molar refractivity (Wildman–Crippen MR) is 50.5 cm³/mol. The summed E-state index contributed by atoms with van der Waals surface area (Å²) in [5.41, 5.74) is 0.214. The molecule has 4 nitrogen and oxygen atoms in total. The van der Waals surface area contributed by atoms with E-state index in [9.17, 15) is 9.59 Å². The molecule has 0 atom stereocenters. The minimum Gasteiger partial charge on any atom is -0.469 e. The van der Waals surface area contributed by atoms with Gasteiger partial charge in [-0.1, -0.05) is 0 Å². The molecule has 0 amide bonds. The number of pyridine rings is 1. The third-order valence-electron chi connectivity index (χ3n) is 1.52. The minimum absolute atomic E-state index is 0.000880. The van der Waals surface area contributed by atoms with E-state index in [0.29, 0.717) is 10.2 Å². The van der Waals surface area contributed by atoms with Crippen molar-refractivity contribution in [1.29, 1.82) is 0 Å². The first-order valence-electron chi connectivity index (χ1n) is 3.57. The van der Waals surface area contributed by atoms with Gasteiger partial charge in [-0.3, -0.25) is 9.59 Å². The Labute approximate surface area is 83.1 Å². The lowest BCUT2D eigenvalue weighted by molar-refractivity contribution is -0.139. The van der Waals surface area contributed by atoms with E-state index in [-0.39, 0.29) is 11.8 Å². The van der Waals surface area contributed by atoms with Crippen molar-refractivity contribution in [2.45, 2.75) is 6.42 Å². The van der Waals surface area contributed by atoms with Gasteiger partial charge in [0.2, 0.25) is 0 Å². The number of esters is 1. The highest BCUT2D eigenvalue weighted by molar-refractivity contribution is 9.10. The maximum absolute atomic E-state index is 11.2. The predicted octanol–water partition coefficient (Wildman–Crippen LogP) is 0.853. The lowest BCUT2D eigenvalue weighted by Crippen LogP contribution is -2.14. The van der Waals surface area contributed by atoms with Crippen molar-refractivity contribution in [2.75, 3.05) is 7.11 Å². The summed E-state index contributed by atoms with van der Waals surface area (Å²) in [4.78, 5) is 24.8. The van der Waals surface area contributed by atoms with E-state index in [1.807, 2.05) is 0 Å². The molecular weight excluding hydrogens is 238 g/mol. The van der Waals surface area contributed by atoms with E-state index < -0.39 is 5.97 Å². The van der Waals surface area contributed by atoms with E-state index >= 15 is 0 Å². The zero-order chi connectivity index (χ0) is 9.84. The van der Waals surface area contributed by atoms with Crippen molar-refractivity contribution in [3.63, 3.8) is 0 Å². The molecule has 0 saturated carbocycles. The highest BCUT2D eigenvalue weighted by atomic mass is 79.9. The second-order valence-electron chi connectivity index (χ2n) is 2.42. The maximum Gasteiger partial charge on any atom is 0.310 e. The number of halogens is 1. The van der Waals surface area contributed by atoms with Crippen LogP contribution in [0.2, 0.25) is 0 Å². The van der Waals surface area contributed by atoms with E-state index in [1.54, 1.807) is 0 Å². The normalized spacial score (nSPS) is 9.69. The third kappa shape index (κ3) is 2.69. The van der Waals surface area contributed by atoms with Crippen LogP contribution < -0.4 is 5.43 Å². The van der Waals surface area contributed by atoms with Gasteiger partial charge in [-0.15, -0.1) is 0 Å². The number of aromatic nitrogens is 1. The zero-order valence-corrected chi connectivity index (χ0v) is 8.55. The molecule has 0 radical (unpaired) electrons. The first kappa shape index (κ1) is 9.98. The van der Waals surface area contributed by atoms with Gasteiger partial charge in [0.1, 0.15) is 0 Å². The van der Waals surface area contributed by atoms with Crippen molar-refractivity contribution in [3.05, 3.63) is 32.7 Å². The Morgan fingerprint density at radius 3 is 2.92 bits per heavy atom. The minimum atomic E-state index is -0.423. The van der Waals surface area contributed by atoms with Crippen LogP contribution in [-0.4, -0.2) is 18.1 Å². The lowest BCUT2D eigenvalue weighted by Gasteiger charge is -1.98. The zero-order valence-electron chi connectivity index (χ0n) is 6.96. The Bertz CT molecular complexity index is 372. The fourth-order valence-electron chi connectivity index (χ4n) is 0.842. The van der Waals surface area contributed by atoms with Crippen LogP contribution in [0.3, 0.4) is 0 Å². The maximum atomic E-state index is 11.2. The van der Waals surface area contributed by atoms with Crippen LogP contribution in [0, 0.1) is 0 Å². The van der Waals surface area contributed by atoms with E-state index in [1.165, 1.54) is 19.4 Å². The number of carbonyl (C=O) groups excluding carboxylic acids is 1. The summed E-state index contributed by atoms with van der Waals surface area (Å²) in [5, 5.41) is 0. The molecule has 0 aromatic carbocycles. The average molecular weight is 246 g/mol. The molecule has 0 saturated heterocycles. The monoisotopic (exact) mass is 245 g/mol. The summed E-state index contributed by atoms with van der Waals surface area (Å²) in [6, 6.07) is 1.37. The van der Waals surface area contributed by atoms with Crippen LogP contribution in [0.4, 0.5) is 0 Å². The SMILES string of the molecule is COC(=O)Cc1c[nH]c(Br)cc1=O. The number of hydrogen-bond donors (Lipinski definition) is 1. The number of carbonyl (C=O) groups is 1. The number of methoxy groups -OCH3 is 1. The fourth-order valence-corrected chi connectivity index (χ4v) is 1.16. The molecule has 1 heterocycles. The Hall–Kier alpha value is -1.10. The van der Waals surface area contributed by atoms with Crippen molar-refractivity contribution in [2.24, 2.45) is 0 Å². The molecule has 0 spiro atoms. The van der Waals surface area contributed by atoms with Gasteiger partial charge in [0, 0.05) is 17.8 Å². The molecule has 5 heteroatoms. The largest absolute Gasteiger partial charge is 0.469 e. The van der Waals surface area contributed by atoms with Gasteiger partial charge in [-0.25, -0.2) is 0 Å². The molecular formula is C8H8BrNO3. The van der Waals surface area contributed by atoms with Gasteiger partial charge in [0.25, 0.3) is 0 Å². The second-order valence-corrected chi connectivity index (χ2v) is 3.28. The molecule has 0 fully saturated rings. The summed E-state index contributed by atoms with van der Waals surface area (Å²) in [7, 11) is 1.29. The number of aromatic amines is 1.